The molecule has 1 aromatic carbocycles. The van der Waals surface area contributed by atoms with E-state index >= 15 is 0 Å². The first-order chi connectivity index (χ1) is 9.21. The van der Waals surface area contributed by atoms with Crippen LogP contribution in [0.2, 0.25) is 0 Å². The monoisotopic (exact) mass is 259 g/mol. The molecule has 100 valence electrons. The number of aromatic nitrogens is 2. The Morgan fingerprint density at radius 1 is 1.26 bits per heavy atom. The van der Waals surface area contributed by atoms with Crippen molar-refractivity contribution in [2.45, 2.75) is 25.7 Å². The van der Waals surface area contributed by atoms with Gasteiger partial charge in [-0.1, -0.05) is 11.6 Å². The Hall–Kier alpha value is -1.88. The molecule has 1 aromatic heterocycles. The highest BCUT2D eigenvalue weighted by Crippen LogP contribution is 2.42. The fraction of sp³-hybridized carbons (Fsp3) is 0.429. The third-order valence-corrected chi connectivity index (χ3v) is 3.97. The molecule has 19 heavy (non-hydrogen) atoms. The molecule has 5 nitrogen and oxygen atoms in total. The molecule has 0 aliphatic heterocycles. The van der Waals surface area contributed by atoms with Gasteiger partial charge in [-0.25, -0.2) is 0 Å². The lowest BCUT2D eigenvalue weighted by Crippen LogP contribution is -2.39. The molecule has 0 spiro atoms. The second kappa shape index (κ2) is 4.66. The molecule has 5 heteroatoms. The molecule has 0 bridgehead atoms. The number of phenols is 1. The van der Waals surface area contributed by atoms with Crippen LogP contribution in [-0.4, -0.2) is 21.8 Å². The highest BCUT2D eigenvalue weighted by molar-refractivity contribution is 5.55. The van der Waals surface area contributed by atoms with Crippen LogP contribution < -0.4 is 5.73 Å². The van der Waals surface area contributed by atoms with Gasteiger partial charge in [0.15, 0.2) is 0 Å². The van der Waals surface area contributed by atoms with Gasteiger partial charge in [0.05, 0.1) is 0 Å². The Bertz CT molecular complexity index is 553. The van der Waals surface area contributed by atoms with Crippen LogP contribution in [0.5, 0.6) is 5.75 Å². The van der Waals surface area contributed by atoms with Crippen molar-refractivity contribution in [1.29, 1.82) is 0 Å². The van der Waals surface area contributed by atoms with Gasteiger partial charge in [-0.05, 0) is 49.1 Å². The molecular weight excluding hydrogens is 242 g/mol. The van der Waals surface area contributed by atoms with Crippen molar-refractivity contribution < 1.29 is 9.63 Å². The van der Waals surface area contributed by atoms with Crippen molar-refractivity contribution in [3.63, 3.8) is 0 Å². The molecule has 1 fully saturated rings. The molecule has 3 rings (SSSR count). The van der Waals surface area contributed by atoms with Gasteiger partial charge in [-0.3, -0.25) is 0 Å². The zero-order chi connectivity index (χ0) is 13.3. The topological polar surface area (TPSA) is 85.2 Å². The van der Waals surface area contributed by atoms with Crippen LogP contribution in [0, 0.1) is 5.41 Å². The van der Waals surface area contributed by atoms with Crippen LogP contribution in [-0.2, 0) is 6.42 Å². The smallest absolute Gasteiger partial charge is 0.227 e. The number of aromatic hydroxyl groups is 1. The minimum absolute atomic E-state index is 0.165. The maximum atomic E-state index is 9.25. The molecular formula is C14H17N3O2. The predicted octanol–water partition coefficient (Wildman–Crippen LogP) is 2.11. The van der Waals surface area contributed by atoms with Gasteiger partial charge in [0.2, 0.25) is 11.7 Å². The number of nitrogens with zero attached hydrogens (tertiary/aromatic N) is 2. The van der Waals surface area contributed by atoms with Gasteiger partial charge in [0, 0.05) is 12.0 Å². The van der Waals surface area contributed by atoms with E-state index in [1.54, 1.807) is 24.3 Å². The van der Waals surface area contributed by atoms with Crippen molar-refractivity contribution in [1.82, 2.24) is 10.1 Å². The summed E-state index contributed by atoms with van der Waals surface area (Å²) < 4.78 is 5.30. The normalized spacial score (nSPS) is 17.1. The lowest BCUT2D eigenvalue weighted by Gasteiger charge is -2.39. The number of hydrogen-bond donors (Lipinski definition) is 2. The van der Waals surface area contributed by atoms with Crippen LogP contribution in [0.25, 0.3) is 11.4 Å². The first-order valence-electron chi connectivity index (χ1n) is 6.53. The quantitative estimate of drug-likeness (QED) is 0.878. The third kappa shape index (κ3) is 2.33. The molecule has 0 atom stereocenters. The van der Waals surface area contributed by atoms with Crippen molar-refractivity contribution in [3.8, 4) is 17.1 Å². The molecule has 0 saturated heterocycles. The molecule has 2 aromatic rings. The number of hydrogen-bond acceptors (Lipinski definition) is 5. The van der Waals surface area contributed by atoms with E-state index in [4.69, 9.17) is 10.3 Å². The minimum atomic E-state index is 0.165. The number of phenolic OH excluding ortho intramolecular Hbond substituents is 1. The summed E-state index contributed by atoms with van der Waals surface area (Å²) in [5, 5.41) is 13.2. The Labute approximate surface area is 111 Å². The molecule has 0 radical (unpaired) electrons. The fourth-order valence-electron chi connectivity index (χ4n) is 2.51. The molecule has 1 aliphatic rings. The van der Waals surface area contributed by atoms with E-state index in [9.17, 15) is 5.11 Å². The Morgan fingerprint density at radius 3 is 2.58 bits per heavy atom. The van der Waals surface area contributed by atoms with Crippen LogP contribution >= 0.6 is 0 Å². The Kier molecular flexibility index (Phi) is 2.98. The standard InChI is InChI=1S/C14H17N3O2/c15-9-14(6-1-7-14)8-12-16-13(17-19-12)10-2-4-11(18)5-3-10/h2-5,18H,1,6-9,15H2. The fourth-order valence-corrected chi connectivity index (χ4v) is 2.51. The molecule has 1 aliphatic carbocycles. The van der Waals surface area contributed by atoms with Gasteiger partial charge in [0.25, 0.3) is 0 Å². The Balaban J connectivity index is 1.77. The van der Waals surface area contributed by atoms with Crippen molar-refractivity contribution in [2.24, 2.45) is 11.1 Å². The van der Waals surface area contributed by atoms with E-state index < -0.39 is 0 Å². The summed E-state index contributed by atoms with van der Waals surface area (Å²) in [7, 11) is 0. The molecule has 1 heterocycles. The summed E-state index contributed by atoms with van der Waals surface area (Å²) in [4.78, 5) is 4.41. The van der Waals surface area contributed by atoms with Crippen LogP contribution in [0.3, 0.4) is 0 Å². The maximum Gasteiger partial charge on any atom is 0.227 e. The zero-order valence-electron chi connectivity index (χ0n) is 10.7. The van der Waals surface area contributed by atoms with Crippen molar-refractivity contribution >= 4 is 0 Å². The van der Waals surface area contributed by atoms with E-state index in [1.165, 1.54) is 6.42 Å². The third-order valence-electron chi connectivity index (χ3n) is 3.97. The molecule has 0 amide bonds. The lowest BCUT2D eigenvalue weighted by molar-refractivity contribution is 0.129. The van der Waals surface area contributed by atoms with Crippen LogP contribution in [0.4, 0.5) is 0 Å². The van der Waals surface area contributed by atoms with E-state index in [1.807, 2.05) is 0 Å². The SMILES string of the molecule is NCC1(Cc2nc(-c3ccc(O)cc3)no2)CCC1. The number of nitrogens with two attached hydrogens (primary N) is 1. The highest BCUT2D eigenvalue weighted by Gasteiger charge is 2.37. The van der Waals surface area contributed by atoms with E-state index in [-0.39, 0.29) is 11.2 Å². The highest BCUT2D eigenvalue weighted by atomic mass is 16.5. The van der Waals surface area contributed by atoms with E-state index in [0.717, 1.165) is 24.8 Å². The predicted molar refractivity (Wildman–Crippen MR) is 70.4 cm³/mol. The zero-order valence-corrected chi connectivity index (χ0v) is 10.7. The average Bonchev–Trinajstić information content (AvgIpc) is 2.83. The summed E-state index contributed by atoms with van der Waals surface area (Å²) in [5.41, 5.74) is 6.84. The second-order valence-corrected chi connectivity index (χ2v) is 5.29. The van der Waals surface area contributed by atoms with Gasteiger partial charge in [0.1, 0.15) is 5.75 Å². The summed E-state index contributed by atoms with van der Waals surface area (Å²) in [5.74, 6) is 1.43. The van der Waals surface area contributed by atoms with Gasteiger partial charge in [-0.2, -0.15) is 4.98 Å². The summed E-state index contributed by atoms with van der Waals surface area (Å²) in [6, 6.07) is 6.76. The second-order valence-electron chi connectivity index (χ2n) is 5.29. The average molecular weight is 259 g/mol. The summed E-state index contributed by atoms with van der Waals surface area (Å²) in [6.45, 7) is 0.671. The molecule has 3 N–H and O–H groups in total. The van der Waals surface area contributed by atoms with E-state index in [0.29, 0.717) is 18.3 Å². The Morgan fingerprint density at radius 2 is 2.00 bits per heavy atom. The van der Waals surface area contributed by atoms with Crippen LogP contribution in [0.1, 0.15) is 25.2 Å². The summed E-state index contributed by atoms with van der Waals surface area (Å²) >= 11 is 0. The molecule has 1 saturated carbocycles. The van der Waals surface area contributed by atoms with Gasteiger partial charge >= 0.3 is 0 Å². The lowest BCUT2D eigenvalue weighted by atomic mass is 9.67. The van der Waals surface area contributed by atoms with E-state index in [2.05, 4.69) is 10.1 Å². The van der Waals surface area contributed by atoms with Crippen molar-refractivity contribution in [3.05, 3.63) is 30.2 Å². The minimum Gasteiger partial charge on any atom is -0.508 e. The summed E-state index contributed by atoms with van der Waals surface area (Å²) in [6.07, 6.45) is 4.27. The van der Waals surface area contributed by atoms with Gasteiger partial charge in [-0.15, -0.1) is 0 Å². The number of rotatable bonds is 4. The number of benzene rings is 1. The maximum absolute atomic E-state index is 9.25. The van der Waals surface area contributed by atoms with Crippen molar-refractivity contribution in [2.75, 3.05) is 6.54 Å². The van der Waals surface area contributed by atoms with Crippen LogP contribution in [0.15, 0.2) is 28.8 Å². The molecule has 0 unspecified atom stereocenters. The largest absolute Gasteiger partial charge is 0.508 e. The van der Waals surface area contributed by atoms with Gasteiger partial charge < -0.3 is 15.4 Å². The first kappa shape index (κ1) is 12.2. The first-order valence-corrected chi connectivity index (χ1v) is 6.53.